The van der Waals surface area contributed by atoms with E-state index in [0.717, 1.165) is 12.1 Å². The molecule has 3 saturated heterocycles. The molecule has 3 aliphatic heterocycles. The van der Waals surface area contributed by atoms with Crippen molar-refractivity contribution in [1.29, 1.82) is 0 Å². The van der Waals surface area contributed by atoms with Gasteiger partial charge in [0.2, 0.25) is 5.91 Å². The van der Waals surface area contributed by atoms with E-state index in [0.29, 0.717) is 45.9 Å². The van der Waals surface area contributed by atoms with E-state index in [9.17, 15) is 14.7 Å². The van der Waals surface area contributed by atoms with Crippen molar-refractivity contribution in [1.82, 2.24) is 9.47 Å². The van der Waals surface area contributed by atoms with E-state index in [2.05, 4.69) is 0 Å². The second kappa shape index (κ2) is 7.37. The predicted octanol–water partition coefficient (Wildman–Crippen LogP) is 0.562. The number of rotatable bonds is 3. The van der Waals surface area contributed by atoms with Crippen LogP contribution < -0.4 is 5.56 Å². The number of hydrogen-bond donors (Lipinski definition) is 1. The molecule has 4 atom stereocenters. The maximum Gasteiger partial charge on any atom is 0.250 e. The van der Waals surface area contributed by atoms with Gasteiger partial charge in [0.15, 0.2) is 0 Å². The van der Waals surface area contributed by atoms with Gasteiger partial charge in [-0.25, -0.2) is 0 Å². The molecule has 4 heterocycles. The van der Waals surface area contributed by atoms with Gasteiger partial charge in [0.1, 0.15) is 0 Å². The molecule has 0 aromatic carbocycles. The molecule has 3 aliphatic rings. The molecule has 4 rings (SSSR count). The average Bonchev–Trinajstić information content (AvgIpc) is 2.67. The van der Waals surface area contributed by atoms with Gasteiger partial charge in [0.25, 0.3) is 5.56 Å². The number of nitrogens with zero attached hydrogens (tertiary/aromatic N) is 2. The van der Waals surface area contributed by atoms with Crippen LogP contribution in [0.4, 0.5) is 0 Å². The summed E-state index contributed by atoms with van der Waals surface area (Å²) in [5.74, 6) is -0.118. The topological polar surface area (TPSA) is 81.0 Å². The zero-order chi connectivity index (χ0) is 19.0. The van der Waals surface area contributed by atoms with Gasteiger partial charge in [-0.1, -0.05) is 6.07 Å². The molecule has 0 aliphatic carbocycles. The first-order valence-electron chi connectivity index (χ1n) is 9.84. The number of aryl methyl sites for hydroxylation is 1. The Morgan fingerprint density at radius 1 is 1.30 bits per heavy atom. The number of likely N-dealkylation sites (tertiary alicyclic amines) is 1. The van der Waals surface area contributed by atoms with Crippen LogP contribution in [-0.2, 0) is 20.8 Å². The highest BCUT2D eigenvalue weighted by molar-refractivity contribution is 5.76. The third kappa shape index (κ3) is 3.32. The third-order valence-electron chi connectivity index (χ3n) is 6.59. The molecule has 0 unspecified atom stereocenters. The lowest BCUT2D eigenvalue weighted by Crippen LogP contribution is -2.68. The van der Waals surface area contributed by atoms with Crippen LogP contribution in [0.3, 0.4) is 0 Å². The second-order valence-electron chi connectivity index (χ2n) is 8.00. The van der Waals surface area contributed by atoms with Gasteiger partial charge in [0, 0.05) is 68.8 Å². The summed E-state index contributed by atoms with van der Waals surface area (Å²) in [6.45, 7) is 4.89. The van der Waals surface area contributed by atoms with E-state index in [-0.39, 0.29) is 35.8 Å². The highest BCUT2D eigenvalue weighted by Gasteiger charge is 2.56. The van der Waals surface area contributed by atoms with Crippen LogP contribution in [0.2, 0.25) is 0 Å². The second-order valence-corrected chi connectivity index (χ2v) is 8.00. The van der Waals surface area contributed by atoms with E-state index in [1.165, 1.54) is 6.07 Å². The third-order valence-corrected chi connectivity index (χ3v) is 6.59. The van der Waals surface area contributed by atoms with Gasteiger partial charge in [-0.15, -0.1) is 0 Å². The summed E-state index contributed by atoms with van der Waals surface area (Å²) in [7, 11) is 0. The lowest BCUT2D eigenvalue weighted by Gasteiger charge is -2.57. The molecular weight excluding hydrogens is 348 g/mol. The minimum Gasteiger partial charge on any atom is -0.389 e. The predicted molar refractivity (Wildman–Crippen MR) is 98.4 cm³/mol. The molecule has 1 aromatic heterocycles. The Bertz CT molecular complexity index is 763. The average molecular weight is 376 g/mol. The van der Waals surface area contributed by atoms with Crippen LogP contribution in [0.25, 0.3) is 0 Å². The smallest absolute Gasteiger partial charge is 0.250 e. The lowest BCUT2D eigenvalue weighted by molar-refractivity contribution is -0.219. The van der Waals surface area contributed by atoms with Crippen LogP contribution >= 0.6 is 0 Å². The molecule has 27 heavy (non-hydrogen) atoms. The highest BCUT2D eigenvalue weighted by atomic mass is 16.5. The minimum atomic E-state index is -0.812. The number of fused-ring (bicyclic) bond motifs is 3. The minimum absolute atomic E-state index is 0.000748. The maximum absolute atomic E-state index is 13.1. The van der Waals surface area contributed by atoms with Crippen molar-refractivity contribution >= 4 is 5.91 Å². The molecule has 1 aromatic rings. The Hall–Kier alpha value is -1.70. The fraction of sp³-hybridized carbons (Fsp3) is 0.700. The molecule has 7 heteroatoms. The van der Waals surface area contributed by atoms with Gasteiger partial charge < -0.3 is 24.0 Å². The molecule has 1 N–H and O–H groups in total. The summed E-state index contributed by atoms with van der Waals surface area (Å²) >= 11 is 0. The summed E-state index contributed by atoms with van der Waals surface area (Å²) in [6.07, 6.45) is 1.63. The van der Waals surface area contributed by atoms with E-state index in [1.54, 1.807) is 10.6 Å². The Kier molecular flexibility index (Phi) is 5.09. The number of pyridine rings is 1. The van der Waals surface area contributed by atoms with Crippen molar-refractivity contribution in [3.05, 3.63) is 34.2 Å². The van der Waals surface area contributed by atoms with Crippen molar-refractivity contribution in [3.63, 3.8) is 0 Å². The molecule has 0 radical (unpaired) electrons. The monoisotopic (exact) mass is 376 g/mol. The first-order chi connectivity index (χ1) is 13.0. The number of amides is 1. The summed E-state index contributed by atoms with van der Waals surface area (Å²) in [5.41, 5.74) is -0.0408. The highest BCUT2D eigenvalue weighted by Crippen LogP contribution is 2.44. The molecule has 1 amide bonds. The quantitative estimate of drug-likeness (QED) is 0.834. The van der Waals surface area contributed by atoms with Gasteiger partial charge in [-0.05, 0) is 19.4 Å². The van der Waals surface area contributed by atoms with Crippen molar-refractivity contribution in [3.8, 4) is 0 Å². The molecule has 0 spiro atoms. The van der Waals surface area contributed by atoms with Crippen LogP contribution in [0.5, 0.6) is 0 Å². The van der Waals surface area contributed by atoms with Crippen molar-refractivity contribution in [2.75, 3.05) is 33.0 Å². The molecule has 3 fully saturated rings. The van der Waals surface area contributed by atoms with Crippen LogP contribution in [-0.4, -0.2) is 65.1 Å². The standard InChI is InChI=1S/C20H28N2O5/c1-14-3-2-4-18(23)21(14)8-5-19(24)22-11-15-12-27-10-7-20(15,25)16-13-26-9-6-17(16)22/h2-4,15-17,25H,5-13H2,1H3/t15-,16+,17-,20-/m0/s1. The Morgan fingerprint density at radius 3 is 2.93 bits per heavy atom. The number of carbonyl (C=O) groups is 1. The SMILES string of the molecule is Cc1cccc(=O)n1CCC(=O)N1C[C@H]2COCC[C@@]2(O)[C@@H]2COCC[C@@H]21. The zero-order valence-corrected chi connectivity index (χ0v) is 15.8. The summed E-state index contributed by atoms with van der Waals surface area (Å²) < 4.78 is 12.9. The lowest BCUT2D eigenvalue weighted by atomic mass is 9.66. The van der Waals surface area contributed by atoms with E-state index in [4.69, 9.17) is 9.47 Å². The number of hydrogen-bond acceptors (Lipinski definition) is 5. The van der Waals surface area contributed by atoms with E-state index >= 15 is 0 Å². The maximum atomic E-state index is 13.1. The molecule has 0 saturated carbocycles. The summed E-state index contributed by atoms with van der Waals surface area (Å²) in [6, 6.07) is 5.13. The fourth-order valence-corrected chi connectivity index (χ4v) is 5.01. The van der Waals surface area contributed by atoms with E-state index in [1.807, 2.05) is 17.9 Å². The first-order valence-corrected chi connectivity index (χ1v) is 9.84. The Balaban J connectivity index is 1.52. The van der Waals surface area contributed by atoms with Crippen molar-refractivity contribution < 1.29 is 19.4 Å². The van der Waals surface area contributed by atoms with Gasteiger partial charge >= 0.3 is 0 Å². The molecular formula is C20H28N2O5. The fourth-order valence-electron chi connectivity index (χ4n) is 5.01. The van der Waals surface area contributed by atoms with Crippen LogP contribution in [0.15, 0.2) is 23.0 Å². The van der Waals surface area contributed by atoms with Gasteiger partial charge in [-0.2, -0.15) is 0 Å². The number of ether oxygens (including phenoxy) is 2. The summed E-state index contributed by atoms with van der Waals surface area (Å²) in [5, 5.41) is 11.3. The number of aliphatic hydroxyl groups is 1. The van der Waals surface area contributed by atoms with Gasteiger partial charge in [-0.3, -0.25) is 9.59 Å². The normalized spacial score (nSPS) is 33.3. The molecule has 0 bridgehead atoms. The largest absolute Gasteiger partial charge is 0.389 e. The number of aromatic nitrogens is 1. The zero-order valence-electron chi connectivity index (χ0n) is 15.8. The molecule has 148 valence electrons. The number of piperidine rings is 1. The van der Waals surface area contributed by atoms with Crippen molar-refractivity contribution in [2.45, 2.75) is 44.4 Å². The Morgan fingerprint density at radius 2 is 2.11 bits per heavy atom. The van der Waals surface area contributed by atoms with Gasteiger partial charge in [0.05, 0.1) is 18.8 Å². The Labute approximate surface area is 158 Å². The van der Waals surface area contributed by atoms with Crippen LogP contribution in [0, 0.1) is 18.8 Å². The van der Waals surface area contributed by atoms with Crippen LogP contribution in [0.1, 0.15) is 25.0 Å². The first kappa shape index (κ1) is 18.7. The van der Waals surface area contributed by atoms with Crippen molar-refractivity contribution in [2.24, 2.45) is 11.8 Å². The number of carbonyl (C=O) groups excluding carboxylic acids is 1. The summed E-state index contributed by atoms with van der Waals surface area (Å²) in [4.78, 5) is 27.1. The molecule has 7 nitrogen and oxygen atoms in total. The van der Waals surface area contributed by atoms with E-state index < -0.39 is 5.60 Å².